The van der Waals surface area contributed by atoms with Gasteiger partial charge in [-0.2, -0.15) is 0 Å². The van der Waals surface area contributed by atoms with Crippen LogP contribution in [0.1, 0.15) is 75.1 Å². The van der Waals surface area contributed by atoms with Gasteiger partial charge in [0.2, 0.25) is 0 Å². The largest absolute Gasteiger partial charge is 0.477 e. The molecule has 0 aliphatic heterocycles. The molecule has 1 N–H and O–H groups in total. The summed E-state index contributed by atoms with van der Waals surface area (Å²) < 4.78 is 8.23. The van der Waals surface area contributed by atoms with E-state index in [9.17, 15) is 19.2 Å². The van der Waals surface area contributed by atoms with Crippen molar-refractivity contribution < 1.29 is 19.4 Å². The standard InChI is InChI=1S/C18H21NO3.C16H17NO3/c1-4-16-13(3)11-15(18(21)22-5-2)17(20)19(16)12-14-9-7-6-8-10-14;1-3-14-11(2)9-13(16(19)20)15(18)17(14)10-12-7-5-4-6-8-12/h6-11H,4-5,12H2,1-3H3;4-9H,3,10H2,1-2H3,(H,19,20). The monoisotopic (exact) mass is 570 g/mol. The number of aromatic carboxylic acids is 1. The third-order valence-electron chi connectivity index (χ3n) is 7.00. The number of hydrogen-bond acceptors (Lipinski definition) is 5. The number of rotatable bonds is 9. The van der Waals surface area contributed by atoms with E-state index in [1.165, 1.54) is 6.07 Å². The Balaban J connectivity index is 0.000000231. The van der Waals surface area contributed by atoms with Crippen molar-refractivity contribution in [3.63, 3.8) is 0 Å². The van der Waals surface area contributed by atoms with Crippen molar-refractivity contribution in [3.05, 3.63) is 138 Å². The highest BCUT2D eigenvalue weighted by Crippen LogP contribution is 2.13. The lowest BCUT2D eigenvalue weighted by atomic mass is 10.1. The molecule has 0 aliphatic rings. The average molecular weight is 571 g/mol. The Bertz CT molecular complexity index is 1650. The van der Waals surface area contributed by atoms with Gasteiger partial charge in [0.15, 0.2) is 0 Å². The summed E-state index contributed by atoms with van der Waals surface area (Å²) in [6.45, 7) is 10.6. The fraction of sp³-hybridized carbons (Fsp3) is 0.294. The van der Waals surface area contributed by atoms with Crippen molar-refractivity contribution >= 4 is 11.9 Å². The molecule has 4 aromatic rings. The molecule has 0 saturated carbocycles. The molecule has 8 nitrogen and oxygen atoms in total. The predicted molar refractivity (Wildman–Crippen MR) is 164 cm³/mol. The number of ether oxygens (including phenoxy) is 1. The number of nitrogens with zero attached hydrogens (tertiary/aromatic N) is 2. The summed E-state index contributed by atoms with van der Waals surface area (Å²) in [5.74, 6) is -1.73. The van der Waals surface area contributed by atoms with Gasteiger partial charge in [-0.3, -0.25) is 9.59 Å². The molecular weight excluding hydrogens is 532 g/mol. The van der Waals surface area contributed by atoms with Crippen LogP contribution in [-0.4, -0.2) is 32.8 Å². The molecule has 0 unspecified atom stereocenters. The van der Waals surface area contributed by atoms with E-state index in [0.29, 0.717) is 19.5 Å². The van der Waals surface area contributed by atoms with E-state index in [1.54, 1.807) is 22.1 Å². The molecule has 0 atom stereocenters. The first-order valence-electron chi connectivity index (χ1n) is 14.1. The van der Waals surface area contributed by atoms with Gasteiger partial charge in [-0.25, -0.2) is 9.59 Å². The number of pyridine rings is 2. The molecule has 2 heterocycles. The minimum atomic E-state index is -1.18. The van der Waals surface area contributed by atoms with E-state index in [0.717, 1.165) is 40.1 Å². The second-order valence-electron chi connectivity index (χ2n) is 9.86. The number of aryl methyl sites for hydroxylation is 2. The quantitative estimate of drug-likeness (QED) is 0.270. The number of carboxylic acid groups (broad SMARTS) is 1. The molecule has 2 aromatic heterocycles. The number of hydrogen-bond donors (Lipinski definition) is 1. The first-order valence-corrected chi connectivity index (χ1v) is 14.1. The highest BCUT2D eigenvalue weighted by molar-refractivity contribution is 5.89. The van der Waals surface area contributed by atoms with Crippen molar-refractivity contribution in [2.45, 2.75) is 60.5 Å². The topological polar surface area (TPSA) is 108 Å². The molecule has 220 valence electrons. The molecule has 0 bridgehead atoms. The Labute approximate surface area is 245 Å². The summed E-state index contributed by atoms with van der Waals surface area (Å²) in [5, 5.41) is 9.13. The lowest BCUT2D eigenvalue weighted by Gasteiger charge is -2.16. The van der Waals surface area contributed by atoms with E-state index in [1.807, 2.05) is 88.4 Å². The van der Waals surface area contributed by atoms with Gasteiger partial charge in [0.05, 0.1) is 19.7 Å². The summed E-state index contributed by atoms with van der Waals surface area (Å²) in [7, 11) is 0. The minimum absolute atomic E-state index is 0.104. The van der Waals surface area contributed by atoms with Gasteiger partial charge >= 0.3 is 11.9 Å². The maximum absolute atomic E-state index is 12.7. The zero-order chi connectivity index (χ0) is 30.8. The minimum Gasteiger partial charge on any atom is -0.477 e. The van der Waals surface area contributed by atoms with Gasteiger partial charge < -0.3 is 19.0 Å². The van der Waals surface area contributed by atoms with Gasteiger partial charge in [-0.15, -0.1) is 0 Å². The molecule has 8 heteroatoms. The zero-order valence-corrected chi connectivity index (χ0v) is 24.8. The van der Waals surface area contributed by atoms with Crippen LogP contribution in [0.5, 0.6) is 0 Å². The Kier molecular flexibility index (Phi) is 11.2. The molecule has 0 saturated heterocycles. The van der Waals surface area contributed by atoms with Crippen molar-refractivity contribution in [2.75, 3.05) is 6.61 Å². The molecule has 0 amide bonds. The van der Waals surface area contributed by atoms with Crippen LogP contribution in [0.15, 0.2) is 82.4 Å². The summed E-state index contributed by atoms with van der Waals surface area (Å²) in [6, 6.07) is 22.4. The van der Waals surface area contributed by atoms with E-state index < -0.39 is 17.5 Å². The van der Waals surface area contributed by atoms with E-state index in [2.05, 4.69) is 0 Å². The number of aromatic nitrogens is 2. The van der Waals surface area contributed by atoms with Crippen LogP contribution in [0.3, 0.4) is 0 Å². The van der Waals surface area contributed by atoms with Crippen LogP contribution < -0.4 is 11.1 Å². The van der Waals surface area contributed by atoms with Gasteiger partial charge in [-0.05, 0) is 68.0 Å². The van der Waals surface area contributed by atoms with E-state index in [4.69, 9.17) is 9.84 Å². The Morgan fingerprint density at radius 1 is 0.690 bits per heavy atom. The zero-order valence-electron chi connectivity index (χ0n) is 24.8. The van der Waals surface area contributed by atoms with Crippen molar-refractivity contribution in [2.24, 2.45) is 0 Å². The number of carboxylic acids is 1. The third kappa shape index (κ3) is 7.51. The van der Waals surface area contributed by atoms with Gasteiger partial charge in [0.1, 0.15) is 11.1 Å². The normalized spacial score (nSPS) is 10.5. The molecule has 42 heavy (non-hydrogen) atoms. The van der Waals surface area contributed by atoms with Gasteiger partial charge in [0.25, 0.3) is 11.1 Å². The lowest BCUT2D eigenvalue weighted by molar-refractivity contribution is 0.0522. The molecule has 0 spiro atoms. The third-order valence-corrected chi connectivity index (χ3v) is 7.00. The Morgan fingerprint density at radius 3 is 1.48 bits per heavy atom. The highest BCUT2D eigenvalue weighted by Gasteiger charge is 2.18. The van der Waals surface area contributed by atoms with Crippen LogP contribution in [0.2, 0.25) is 0 Å². The first-order chi connectivity index (χ1) is 20.1. The smallest absolute Gasteiger partial charge is 0.343 e. The molecule has 0 aliphatic carbocycles. The summed E-state index contributed by atoms with van der Waals surface area (Å²) in [6.07, 6.45) is 1.42. The first kappa shape index (κ1) is 31.8. The van der Waals surface area contributed by atoms with Crippen molar-refractivity contribution in [1.82, 2.24) is 9.13 Å². The Hall–Kier alpha value is -4.72. The predicted octanol–water partition coefficient (Wildman–Crippen LogP) is 5.41. The van der Waals surface area contributed by atoms with Crippen LogP contribution in [0, 0.1) is 13.8 Å². The lowest BCUT2D eigenvalue weighted by Crippen LogP contribution is -2.31. The van der Waals surface area contributed by atoms with Crippen LogP contribution in [0.25, 0.3) is 0 Å². The van der Waals surface area contributed by atoms with Crippen molar-refractivity contribution in [1.29, 1.82) is 0 Å². The van der Waals surface area contributed by atoms with Gasteiger partial charge in [-0.1, -0.05) is 74.5 Å². The SMILES string of the molecule is CCOC(=O)c1cc(C)c(CC)n(Cc2ccccc2)c1=O.CCc1c(C)cc(C(=O)O)c(=O)n1Cc1ccccc1. The summed E-state index contributed by atoms with van der Waals surface area (Å²) in [4.78, 5) is 48.2. The van der Waals surface area contributed by atoms with Gasteiger partial charge in [0, 0.05) is 11.4 Å². The fourth-order valence-corrected chi connectivity index (χ4v) is 5.00. The van der Waals surface area contributed by atoms with Crippen LogP contribution >= 0.6 is 0 Å². The molecule has 0 radical (unpaired) electrons. The number of carbonyl (C=O) groups excluding carboxylic acids is 1. The molecule has 4 rings (SSSR count). The maximum atomic E-state index is 12.7. The summed E-state index contributed by atoms with van der Waals surface area (Å²) >= 11 is 0. The molecular formula is C34H38N2O6. The number of esters is 1. The number of benzene rings is 2. The van der Waals surface area contributed by atoms with Crippen LogP contribution in [0.4, 0.5) is 0 Å². The highest BCUT2D eigenvalue weighted by atomic mass is 16.5. The second kappa shape index (κ2) is 14.8. The number of carbonyl (C=O) groups is 2. The molecule has 0 fully saturated rings. The fourth-order valence-electron chi connectivity index (χ4n) is 5.00. The van der Waals surface area contributed by atoms with E-state index >= 15 is 0 Å². The van der Waals surface area contributed by atoms with Crippen LogP contribution in [-0.2, 0) is 30.7 Å². The Morgan fingerprint density at radius 2 is 1.10 bits per heavy atom. The average Bonchev–Trinajstić information content (AvgIpc) is 2.98. The maximum Gasteiger partial charge on any atom is 0.343 e. The second-order valence-corrected chi connectivity index (χ2v) is 9.86. The van der Waals surface area contributed by atoms with E-state index in [-0.39, 0.29) is 23.3 Å². The summed E-state index contributed by atoms with van der Waals surface area (Å²) in [5.41, 5.74) is 4.80. The van der Waals surface area contributed by atoms with Crippen molar-refractivity contribution in [3.8, 4) is 0 Å². The molecule has 2 aromatic carbocycles.